The molecule has 0 saturated heterocycles. The van der Waals surface area contributed by atoms with Crippen molar-refractivity contribution >= 4 is 11.8 Å². The molecule has 3 N–H and O–H groups in total. The number of rotatable bonds is 6. The van der Waals surface area contributed by atoms with Crippen molar-refractivity contribution in [3.63, 3.8) is 0 Å². The fourth-order valence-corrected chi connectivity index (χ4v) is 0.936. The molecule has 0 aromatic rings. The maximum Gasteiger partial charge on any atom is 0.246 e. The Morgan fingerprint density at radius 3 is 2.11 bits per heavy atom. The van der Waals surface area contributed by atoms with Crippen molar-refractivity contribution in [1.29, 1.82) is 0 Å². The molecule has 0 heterocycles. The van der Waals surface area contributed by atoms with Gasteiger partial charge in [-0.1, -0.05) is 32.9 Å². The smallest absolute Gasteiger partial charge is 0.246 e. The van der Waals surface area contributed by atoms with Crippen LogP contribution in [-0.4, -0.2) is 18.4 Å². The fourth-order valence-electron chi connectivity index (χ4n) is 0.936. The van der Waals surface area contributed by atoms with Gasteiger partial charge < -0.3 is 11.1 Å². The van der Waals surface area contributed by atoms with Crippen LogP contribution in [0.4, 0.5) is 0 Å². The van der Waals surface area contributed by atoms with Gasteiger partial charge >= 0.3 is 0 Å². The van der Waals surface area contributed by atoms with E-state index in [0.717, 1.165) is 25.8 Å². The molecule has 0 aliphatic rings. The van der Waals surface area contributed by atoms with E-state index in [9.17, 15) is 9.59 Å². The first-order valence-corrected chi connectivity index (χ1v) is 6.27. The van der Waals surface area contributed by atoms with Gasteiger partial charge in [-0.15, -0.1) is 0 Å². The van der Waals surface area contributed by atoms with Crippen LogP contribution in [0, 0.1) is 0 Å². The Morgan fingerprint density at radius 2 is 1.83 bits per heavy atom. The minimum atomic E-state index is -0.327. The van der Waals surface area contributed by atoms with E-state index < -0.39 is 0 Å². The monoisotopic (exact) mass is 254 g/mol. The van der Waals surface area contributed by atoms with Gasteiger partial charge in [0, 0.05) is 17.7 Å². The molecule has 0 atom stereocenters. The lowest BCUT2D eigenvalue weighted by molar-refractivity contribution is -0.117. The van der Waals surface area contributed by atoms with Crippen molar-refractivity contribution in [1.82, 2.24) is 5.32 Å². The fraction of sp³-hybridized carbons (Fsp3) is 0.571. The second kappa shape index (κ2) is 11.9. The third-order valence-corrected chi connectivity index (χ3v) is 2.10. The highest BCUT2D eigenvalue weighted by molar-refractivity contribution is 5.92. The predicted octanol–water partition coefficient (Wildman–Crippen LogP) is 2.31. The molecule has 18 heavy (non-hydrogen) atoms. The number of hydrogen-bond acceptors (Lipinski definition) is 2. The summed E-state index contributed by atoms with van der Waals surface area (Å²) in [5.41, 5.74) is 6.14. The molecule has 0 fully saturated rings. The SMILES string of the molecule is C=C(C)C(=O)NCCCC.CC/C=C(\C)C(N)=O. The third kappa shape index (κ3) is 12.5. The van der Waals surface area contributed by atoms with Crippen molar-refractivity contribution in [2.24, 2.45) is 5.73 Å². The largest absolute Gasteiger partial charge is 0.366 e. The number of hydrogen-bond donors (Lipinski definition) is 2. The lowest BCUT2D eigenvalue weighted by atomic mass is 10.2. The van der Waals surface area contributed by atoms with Gasteiger partial charge in [0.05, 0.1) is 0 Å². The summed E-state index contributed by atoms with van der Waals surface area (Å²) in [4.78, 5) is 21.1. The van der Waals surface area contributed by atoms with Crippen molar-refractivity contribution < 1.29 is 9.59 Å². The van der Waals surface area contributed by atoms with Crippen LogP contribution in [-0.2, 0) is 9.59 Å². The van der Waals surface area contributed by atoms with Gasteiger partial charge in [0.1, 0.15) is 0 Å². The summed E-state index contributed by atoms with van der Waals surface area (Å²) < 4.78 is 0. The molecule has 0 aliphatic heterocycles. The third-order valence-electron chi connectivity index (χ3n) is 2.10. The van der Waals surface area contributed by atoms with Crippen molar-refractivity contribution in [3.8, 4) is 0 Å². The summed E-state index contributed by atoms with van der Waals surface area (Å²) in [6.07, 6.45) is 4.83. The molecule has 0 aromatic heterocycles. The summed E-state index contributed by atoms with van der Waals surface area (Å²) in [6.45, 7) is 11.8. The standard InChI is InChI=1S/C8H15NO.C6H11NO/c1-4-5-6-9-8(10)7(2)3;1-3-4-5(2)6(7)8/h2,4-6H2,1,3H3,(H,9,10);4H,3H2,1-2H3,(H2,7,8)/b;5-4+. The molecular weight excluding hydrogens is 228 g/mol. The zero-order valence-corrected chi connectivity index (χ0v) is 12.0. The van der Waals surface area contributed by atoms with Crippen LogP contribution in [0.15, 0.2) is 23.8 Å². The quantitative estimate of drug-likeness (QED) is 0.564. The van der Waals surface area contributed by atoms with Gasteiger partial charge in [-0.05, 0) is 26.7 Å². The zero-order valence-electron chi connectivity index (χ0n) is 12.0. The maximum absolute atomic E-state index is 10.8. The lowest BCUT2D eigenvalue weighted by Gasteiger charge is -2.01. The molecule has 0 rings (SSSR count). The molecule has 0 radical (unpaired) electrons. The van der Waals surface area contributed by atoms with Crippen molar-refractivity contribution in [3.05, 3.63) is 23.8 Å². The molecule has 0 unspecified atom stereocenters. The summed E-state index contributed by atoms with van der Waals surface area (Å²) in [7, 11) is 0. The Bertz CT molecular complexity index is 307. The zero-order chi connectivity index (χ0) is 14.6. The van der Waals surface area contributed by atoms with E-state index in [1.807, 2.05) is 13.0 Å². The van der Waals surface area contributed by atoms with Crippen molar-refractivity contribution in [2.45, 2.75) is 47.0 Å². The summed E-state index contributed by atoms with van der Waals surface area (Å²) in [5.74, 6) is -0.361. The number of carbonyl (C=O) groups is 2. The van der Waals surface area contributed by atoms with E-state index in [0.29, 0.717) is 11.1 Å². The highest BCUT2D eigenvalue weighted by Gasteiger charge is 1.97. The molecule has 4 nitrogen and oxygen atoms in total. The minimum Gasteiger partial charge on any atom is -0.366 e. The number of allylic oxidation sites excluding steroid dienone is 1. The molecule has 0 spiro atoms. The van der Waals surface area contributed by atoms with E-state index in [1.54, 1.807) is 13.8 Å². The highest BCUT2D eigenvalue weighted by Crippen LogP contribution is 1.91. The van der Waals surface area contributed by atoms with Crippen LogP contribution in [0.2, 0.25) is 0 Å². The number of nitrogens with one attached hydrogen (secondary N) is 1. The second-order valence-electron chi connectivity index (χ2n) is 4.05. The highest BCUT2D eigenvalue weighted by atomic mass is 16.2. The molecule has 4 heteroatoms. The molecule has 0 bridgehead atoms. The first-order valence-electron chi connectivity index (χ1n) is 6.27. The minimum absolute atomic E-state index is 0.0338. The maximum atomic E-state index is 10.8. The molecule has 104 valence electrons. The van der Waals surface area contributed by atoms with Crippen LogP contribution in [0.25, 0.3) is 0 Å². The topological polar surface area (TPSA) is 72.2 Å². The van der Waals surface area contributed by atoms with Gasteiger partial charge in [-0.25, -0.2) is 0 Å². The summed E-state index contributed by atoms with van der Waals surface area (Å²) >= 11 is 0. The number of primary amides is 1. The van der Waals surface area contributed by atoms with E-state index in [1.165, 1.54) is 0 Å². The van der Waals surface area contributed by atoms with E-state index >= 15 is 0 Å². The molecule has 2 amide bonds. The Kier molecular flexibility index (Phi) is 12.4. The Balaban J connectivity index is 0. The van der Waals surface area contributed by atoms with E-state index in [-0.39, 0.29) is 11.8 Å². The van der Waals surface area contributed by atoms with Crippen LogP contribution < -0.4 is 11.1 Å². The Hall–Kier alpha value is -1.58. The number of unbranched alkanes of at least 4 members (excludes halogenated alkanes) is 1. The second-order valence-corrected chi connectivity index (χ2v) is 4.05. The van der Waals surface area contributed by atoms with Crippen molar-refractivity contribution in [2.75, 3.05) is 6.54 Å². The molecule has 0 aliphatic carbocycles. The number of nitrogens with two attached hydrogens (primary N) is 1. The van der Waals surface area contributed by atoms with E-state index in [2.05, 4.69) is 18.8 Å². The van der Waals surface area contributed by atoms with Gasteiger partial charge in [0.2, 0.25) is 11.8 Å². The van der Waals surface area contributed by atoms with Crippen LogP contribution in [0.1, 0.15) is 47.0 Å². The Morgan fingerprint density at radius 1 is 1.28 bits per heavy atom. The van der Waals surface area contributed by atoms with Gasteiger partial charge in [0.15, 0.2) is 0 Å². The lowest BCUT2D eigenvalue weighted by Crippen LogP contribution is -2.24. The van der Waals surface area contributed by atoms with Crippen LogP contribution >= 0.6 is 0 Å². The molecular formula is C14H26N2O2. The number of amides is 2. The number of carbonyl (C=O) groups excluding carboxylic acids is 2. The van der Waals surface area contributed by atoms with Gasteiger partial charge in [-0.3, -0.25) is 9.59 Å². The summed E-state index contributed by atoms with van der Waals surface area (Å²) in [6, 6.07) is 0. The van der Waals surface area contributed by atoms with E-state index in [4.69, 9.17) is 5.73 Å². The summed E-state index contributed by atoms with van der Waals surface area (Å²) in [5, 5.41) is 2.74. The first-order chi connectivity index (χ1) is 8.36. The van der Waals surface area contributed by atoms with Crippen LogP contribution in [0.5, 0.6) is 0 Å². The average molecular weight is 254 g/mol. The van der Waals surface area contributed by atoms with Gasteiger partial charge in [0.25, 0.3) is 0 Å². The molecule has 0 aromatic carbocycles. The predicted molar refractivity (Wildman–Crippen MR) is 76.0 cm³/mol. The van der Waals surface area contributed by atoms with Crippen LogP contribution in [0.3, 0.4) is 0 Å². The Labute approximate surface area is 110 Å². The average Bonchev–Trinajstić information content (AvgIpc) is 2.30. The first kappa shape index (κ1) is 18.8. The van der Waals surface area contributed by atoms with Gasteiger partial charge in [-0.2, -0.15) is 0 Å². The molecule has 0 saturated carbocycles. The normalized spacial score (nSPS) is 10.1.